The van der Waals surface area contributed by atoms with E-state index >= 15 is 0 Å². The van der Waals surface area contributed by atoms with Gasteiger partial charge in [0.2, 0.25) is 11.6 Å². The number of para-hydroxylation sites is 2. The minimum Gasteiger partial charge on any atom is -0.335 e. The molecule has 0 saturated carbocycles. The molecule has 2 aliphatic heterocycles. The highest BCUT2D eigenvalue weighted by atomic mass is 16.5. The Morgan fingerprint density at radius 3 is 1.63 bits per heavy atom. The molecule has 0 amide bonds. The minimum absolute atomic E-state index is 0.115. The largest absolute Gasteiger partial charge is 0.335 e. The number of ketones is 2. The van der Waals surface area contributed by atoms with Gasteiger partial charge in [-0.1, -0.05) is 36.4 Å². The summed E-state index contributed by atoms with van der Waals surface area (Å²) in [6, 6.07) is 15.7. The maximum absolute atomic E-state index is 13.2. The topological polar surface area (TPSA) is 53.2 Å². The van der Waals surface area contributed by atoms with Gasteiger partial charge in [0.1, 0.15) is 12.5 Å². The summed E-state index contributed by atoms with van der Waals surface area (Å²) >= 11 is 0. The van der Waals surface area contributed by atoms with Crippen molar-refractivity contribution in [1.29, 1.82) is 0 Å². The molecule has 4 aromatic rings. The van der Waals surface area contributed by atoms with Crippen molar-refractivity contribution in [2.75, 3.05) is 0 Å². The quantitative estimate of drug-likeness (QED) is 0.438. The molecule has 5 nitrogen and oxygen atoms in total. The lowest BCUT2D eigenvalue weighted by Crippen LogP contribution is -2.22. The van der Waals surface area contributed by atoms with E-state index in [4.69, 9.17) is 4.74 Å². The van der Waals surface area contributed by atoms with Gasteiger partial charge in [0.25, 0.3) is 0 Å². The Labute approximate surface area is 153 Å². The first-order chi connectivity index (χ1) is 13.3. The number of nitrogens with zero attached hydrogens (tertiary/aromatic N) is 2. The number of rotatable bonds is 0. The second kappa shape index (κ2) is 4.38. The first-order valence-corrected chi connectivity index (χ1v) is 9.26. The van der Waals surface area contributed by atoms with Gasteiger partial charge in [-0.3, -0.25) is 9.59 Å². The van der Waals surface area contributed by atoms with Crippen LogP contribution in [-0.4, -0.2) is 20.7 Å². The van der Waals surface area contributed by atoms with Crippen molar-refractivity contribution < 1.29 is 14.3 Å². The third-order valence-corrected chi connectivity index (χ3v) is 6.26. The highest BCUT2D eigenvalue weighted by molar-refractivity contribution is 6.56. The SMILES string of the molecule is O=C1C(=O)c2c3n(c4ccccc24)[C@H]2CC[C@H](O2)n2c-3c1c1ccccc12. The summed E-state index contributed by atoms with van der Waals surface area (Å²) in [5.41, 5.74) is 4.67. The van der Waals surface area contributed by atoms with E-state index in [0.717, 1.165) is 46.0 Å². The second-order valence-electron chi connectivity index (χ2n) is 7.50. The van der Waals surface area contributed by atoms with E-state index in [-0.39, 0.29) is 12.5 Å². The number of carbonyl (C=O) groups excluding carboxylic acids is 2. The number of benzene rings is 2. The molecular formula is C22H14N2O3. The fourth-order valence-electron chi connectivity index (χ4n) is 5.26. The molecule has 7 rings (SSSR count). The lowest BCUT2D eigenvalue weighted by molar-refractivity contribution is -0.0236. The van der Waals surface area contributed by atoms with E-state index in [9.17, 15) is 9.59 Å². The van der Waals surface area contributed by atoms with Crippen molar-refractivity contribution in [2.45, 2.75) is 25.3 Å². The van der Waals surface area contributed by atoms with E-state index in [2.05, 4.69) is 9.13 Å². The molecule has 0 radical (unpaired) electrons. The van der Waals surface area contributed by atoms with Gasteiger partial charge in [-0.2, -0.15) is 0 Å². The van der Waals surface area contributed by atoms with Crippen molar-refractivity contribution in [3.63, 3.8) is 0 Å². The lowest BCUT2D eigenvalue weighted by Gasteiger charge is -2.19. The molecule has 4 heterocycles. The zero-order valence-electron chi connectivity index (χ0n) is 14.3. The average molecular weight is 354 g/mol. The third kappa shape index (κ3) is 1.41. The first-order valence-electron chi connectivity index (χ1n) is 9.26. The second-order valence-corrected chi connectivity index (χ2v) is 7.50. The molecule has 0 N–H and O–H groups in total. The molecular weight excluding hydrogens is 340 g/mol. The number of aromatic nitrogens is 2. The Hall–Kier alpha value is -3.18. The molecule has 0 spiro atoms. The van der Waals surface area contributed by atoms with Crippen LogP contribution < -0.4 is 0 Å². The fourth-order valence-corrected chi connectivity index (χ4v) is 5.26. The van der Waals surface area contributed by atoms with Crippen LogP contribution in [0.4, 0.5) is 0 Å². The van der Waals surface area contributed by atoms with Crippen molar-refractivity contribution in [2.24, 2.45) is 0 Å². The highest BCUT2D eigenvalue weighted by Gasteiger charge is 2.46. The van der Waals surface area contributed by atoms with Gasteiger partial charge >= 0.3 is 0 Å². The Kier molecular flexibility index (Phi) is 2.26. The van der Waals surface area contributed by atoms with Crippen LogP contribution in [-0.2, 0) is 4.74 Å². The molecule has 0 unspecified atom stereocenters. The van der Waals surface area contributed by atoms with Crippen LogP contribution >= 0.6 is 0 Å². The number of Topliss-reactive ketones (excluding diaryl/α,β-unsaturated/α-hetero) is 2. The third-order valence-electron chi connectivity index (χ3n) is 6.26. The summed E-state index contributed by atoms with van der Waals surface area (Å²) in [5.74, 6) is -0.818. The molecule has 5 heteroatoms. The van der Waals surface area contributed by atoms with Crippen molar-refractivity contribution in [3.8, 4) is 11.4 Å². The van der Waals surface area contributed by atoms with Gasteiger partial charge in [0.05, 0.1) is 33.5 Å². The zero-order chi connectivity index (χ0) is 17.9. The van der Waals surface area contributed by atoms with Gasteiger partial charge < -0.3 is 13.9 Å². The summed E-state index contributed by atoms with van der Waals surface area (Å²) in [6.07, 6.45) is 1.55. The molecule has 2 aromatic carbocycles. The average Bonchev–Trinajstić information content (AvgIpc) is 3.34. The van der Waals surface area contributed by atoms with Crippen LogP contribution in [0.2, 0.25) is 0 Å². The summed E-state index contributed by atoms with van der Waals surface area (Å²) in [4.78, 5) is 26.4. The molecule has 1 saturated heterocycles. The molecule has 2 bridgehead atoms. The van der Waals surface area contributed by atoms with Crippen LogP contribution in [0.3, 0.4) is 0 Å². The van der Waals surface area contributed by atoms with E-state index < -0.39 is 11.6 Å². The maximum atomic E-state index is 13.2. The Morgan fingerprint density at radius 2 is 1.15 bits per heavy atom. The summed E-state index contributed by atoms with van der Waals surface area (Å²) < 4.78 is 10.7. The zero-order valence-corrected chi connectivity index (χ0v) is 14.3. The van der Waals surface area contributed by atoms with Gasteiger partial charge in [-0.15, -0.1) is 0 Å². The van der Waals surface area contributed by atoms with Gasteiger partial charge in [0.15, 0.2) is 0 Å². The van der Waals surface area contributed by atoms with Gasteiger partial charge in [-0.05, 0) is 25.0 Å². The van der Waals surface area contributed by atoms with Crippen LogP contribution in [0.1, 0.15) is 46.0 Å². The van der Waals surface area contributed by atoms with Crippen LogP contribution in [0.5, 0.6) is 0 Å². The maximum Gasteiger partial charge on any atom is 0.236 e. The van der Waals surface area contributed by atoms with Crippen LogP contribution in [0, 0.1) is 0 Å². The molecule has 27 heavy (non-hydrogen) atoms. The molecule has 130 valence electrons. The van der Waals surface area contributed by atoms with Crippen LogP contribution in [0.25, 0.3) is 33.2 Å². The Bertz CT molecular complexity index is 1250. The normalized spacial score (nSPS) is 22.5. The first kappa shape index (κ1) is 13.9. The predicted octanol–water partition coefficient (Wildman–Crippen LogP) is 4.46. The summed E-state index contributed by atoms with van der Waals surface area (Å²) in [6.45, 7) is 0. The summed E-state index contributed by atoms with van der Waals surface area (Å²) in [5, 5.41) is 1.67. The molecule has 2 aromatic heterocycles. The predicted molar refractivity (Wildman–Crippen MR) is 99.9 cm³/mol. The Morgan fingerprint density at radius 1 is 0.704 bits per heavy atom. The number of fused-ring (bicyclic) bond motifs is 10. The smallest absolute Gasteiger partial charge is 0.236 e. The number of carbonyl (C=O) groups is 2. The number of ether oxygens (including phenoxy) is 1. The Balaban J connectivity index is 1.81. The van der Waals surface area contributed by atoms with E-state index in [1.165, 1.54) is 0 Å². The number of hydrogen-bond acceptors (Lipinski definition) is 3. The fraction of sp³-hybridized carbons (Fsp3) is 0.182. The van der Waals surface area contributed by atoms with E-state index in [1.54, 1.807) is 0 Å². The van der Waals surface area contributed by atoms with Gasteiger partial charge in [-0.25, -0.2) is 0 Å². The standard InChI is InChI=1S/C22H14N2O3/c25-21-17-11-5-1-3-7-13(11)23-15-9-10-16(27-15)24-14-8-4-2-6-12(14)18(22(21)26)20(24)19(17)23/h1-8,15-16H,9-10H2/t15-,16+. The molecule has 3 aliphatic rings. The van der Waals surface area contributed by atoms with Crippen molar-refractivity contribution in [1.82, 2.24) is 9.13 Å². The van der Waals surface area contributed by atoms with Crippen molar-refractivity contribution >= 4 is 33.4 Å². The monoisotopic (exact) mass is 354 g/mol. The minimum atomic E-state index is -0.409. The molecule has 1 fully saturated rings. The van der Waals surface area contributed by atoms with Gasteiger partial charge in [0, 0.05) is 10.8 Å². The highest BCUT2D eigenvalue weighted by Crippen LogP contribution is 2.52. The molecule has 2 atom stereocenters. The summed E-state index contributed by atoms with van der Waals surface area (Å²) in [7, 11) is 0. The van der Waals surface area contributed by atoms with E-state index in [1.807, 2.05) is 48.5 Å². The van der Waals surface area contributed by atoms with Crippen LogP contribution in [0.15, 0.2) is 48.5 Å². The van der Waals surface area contributed by atoms with Crippen molar-refractivity contribution in [3.05, 3.63) is 59.7 Å². The molecule has 1 aliphatic carbocycles. The number of hydrogen-bond donors (Lipinski definition) is 0. The lowest BCUT2D eigenvalue weighted by atomic mass is 9.89. The van der Waals surface area contributed by atoms with E-state index in [0.29, 0.717) is 11.1 Å².